The Morgan fingerprint density at radius 2 is 0.812 bits per heavy atom. The van der Waals surface area contributed by atoms with Crippen LogP contribution in [0.15, 0.2) is 0 Å². The maximum absolute atomic E-state index is 13.5. The molecule has 22 heteroatoms. The summed E-state index contributed by atoms with van der Waals surface area (Å²) in [4.78, 5) is 16.3. The van der Waals surface area contributed by atoms with Crippen molar-refractivity contribution in [2.75, 3.05) is 0 Å². The third kappa shape index (κ3) is 4.24. The van der Waals surface area contributed by atoms with Crippen LogP contribution in [-0.4, -0.2) is 63.5 Å². The lowest BCUT2D eigenvalue weighted by Gasteiger charge is -2.43. The van der Waals surface area contributed by atoms with Crippen LogP contribution in [0.4, 0.5) is 74.6 Å². The second-order valence-corrected chi connectivity index (χ2v) is 7.00. The first-order valence-electron chi connectivity index (χ1n) is 6.83. The highest BCUT2D eigenvalue weighted by Crippen LogP contribution is 2.64. The molecule has 1 atom stereocenters. The molecule has 1 unspecified atom stereocenters. The van der Waals surface area contributed by atoms with E-state index in [4.69, 9.17) is 9.79 Å². The lowest BCUT2D eigenvalue weighted by Crippen LogP contribution is -2.75. The van der Waals surface area contributed by atoms with Crippen molar-refractivity contribution in [3.63, 3.8) is 0 Å². The summed E-state index contributed by atoms with van der Waals surface area (Å²) in [6.45, 7) is -0.633. The lowest BCUT2D eigenvalue weighted by atomic mass is 9.88. The smallest absolute Gasteiger partial charge is 0.303 e. The summed E-state index contributed by atoms with van der Waals surface area (Å²) in [6.07, 6.45) is -12.1. The average molecular weight is 544 g/mol. The van der Waals surface area contributed by atoms with E-state index in [1.807, 2.05) is 0 Å². The van der Waals surface area contributed by atoms with E-state index in [0.29, 0.717) is 0 Å². The van der Waals surface area contributed by atoms with Gasteiger partial charge >= 0.3 is 55.5 Å². The van der Waals surface area contributed by atoms with Gasteiger partial charge in [0, 0.05) is 0 Å². The van der Waals surface area contributed by atoms with Gasteiger partial charge < -0.3 is 9.79 Å². The Labute approximate surface area is 163 Å². The van der Waals surface area contributed by atoms with Gasteiger partial charge in [0.25, 0.3) is 0 Å². The van der Waals surface area contributed by atoms with Crippen molar-refractivity contribution in [3.8, 4) is 0 Å². The Morgan fingerprint density at radius 3 is 1.06 bits per heavy atom. The van der Waals surface area contributed by atoms with E-state index in [-0.39, 0.29) is 0 Å². The molecule has 0 rings (SSSR count). The van der Waals surface area contributed by atoms with Crippen LogP contribution in [0.1, 0.15) is 6.92 Å². The van der Waals surface area contributed by atoms with E-state index in [1.165, 1.54) is 0 Å². The van der Waals surface area contributed by atoms with Crippen LogP contribution in [0.5, 0.6) is 0 Å². The van der Waals surface area contributed by atoms with Gasteiger partial charge in [-0.05, 0) is 6.92 Å². The Bertz CT molecular complexity index is 738. The van der Waals surface area contributed by atoms with Crippen LogP contribution < -0.4 is 0 Å². The van der Waals surface area contributed by atoms with Gasteiger partial charge in [-0.15, -0.1) is 0 Å². The number of phosphoric ester groups is 1. The molecule has 0 aliphatic heterocycles. The van der Waals surface area contributed by atoms with Crippen LogP contribution in [0.3, 0.4) is 0 Å². The molecule has 0 aromatic heterocycles. The monoisotopic (exact) mass is 544 g/mol. The van der Waals surface area contributed by atoms with E-state index in [0.717, 1.165) is 0 Å². The largest absolute Gasteiger partial charge is 0.470 e. The summed E-state index contributed by atoms with van der Waals surface area (Å²) in [6, 6.07) is 0. The van der Waals surface area contributed by atoms with E-state index in [2.05, 4.69) is 4.52 Å². The Morgan fingerprint density at radius 1 is 0.562 bits per heavy atom. The summed E-state index contributed by atoms with van der Waals surface area (Å²) < 4.78 is 234. The molecular weight excluding hydrogens is 538 g/mol. The van der Waals surface area contributed by atoms with E-state index in [9.17, 15) is 79.2 Å². The number of alkyl halides is 17. The quantitative estimate of drug-likeness (QED) is 0.298. The molecule has 0 saturated heterocycles. The fourth-order valence-electron chi connectivity index (χ4n) is 1.70. The summed E-state index contributed by atoms with van der Waals surface area (Å²) >= 11 is 0. The van der Waals surface area contributed by atoms with E-state index >= 15 is 0 Å². The van der Waals surface area contributed by atoms with Gasteiger partial charge in [0.15, 0.2) is 0 Å². The second-order valence-electron chi connectivity index (χ2n) is 5.81. The van der Waals surface area contributed by atoms with Crippen LogP contribution in [-0.2, 0) is 9.09 Å². The van der Waals surface area contributed by atoms with Gasteiger partial charge in [-0.2, -0.15) is 74.6 Å². The average Bonchev–Trinajstić information content (AvgIpc) is 2.50. The zero-order chi connectivity index (χ0) is 26.8. The molecule has 0 aliphatic carbocycles. The molecule has 0 aliphatic rings. The SMILES string of the molecule is CC(OP(=O)(O)O)C(F)(F)C(F)(F)C(F)(F)C(F)(F)C(F)(F)C(F)(F)C(F)(F)C(F)(F)F. The highest BCUT2D eigenvalue weighted by atomic mass is 31.2. The van der Waals surface area contributed by atoms with E-state index in [1.54, 1.807) is 0 Å². The first kappa shape index (κ1) is 30.9. The highest BCUT2D eigenvalue weighted by molar-refractivity contribution is 7.46. The molecule has 0 heterocycles. The van der Waals surface area contributed by atoms with Gasteiger partial charge in [-0.25, -0.2) is 4.57 Å². The Balaban J connectivity index is 6.75. The summed E-state index contributed by atoms with van der Waals surface area (Å²) in [5.74, 6) is -58.2. The van der Waals surface area contributed by atoms with Gasteiger partial charge in [0.2, 0.25) is 0 Å². The van der Waals surface area contributed by atoms with Crippen LogP contribution in [0.2, 0.25) is 0 Å². The molecular formula is C10H6F17O4P. The van der Waals surface area contributed by atoms with Gasteiger partial charge in [-0.3, -0.25) is 4.52 Å². The third-order valence-electron chi connectivity index (χ3n) is 3.55. The van der Waals surface area contributed by atoms with Crippen LogP contribution in [0.25, 0.3) is 0 Å². The zero-order valence-electron chi connectivity index (χ0n) is 14.2. The van der Waals surface area contributed by atoms with Crippen molar-refractivity contribution in [1.29, 1.82) is 0 Å². The Hall–Kier alpha value is -1.08. The third-order valence-corrected chi connectivity index (χ3v) is 4.14. The predicted octanol–water partition coefficient (Wildman–Crippen LogP) is 5.49. The molecule has 0 amide bonds. The van der Waals surface area contributed by atoms with Crippen LogP contribution >= 0.6 is 7.82 Å². The molecule has 32 heavy (non-hydrogen) atoms. The van der Waals surface area contributed by atoms with Crippen molar-refractivity contribution in [2.45, 2.75) is 60.7 Å². The number of hydrogen-bond acceptors (Lipinski definition) is 2. The number of phosphoric acid groups is 1. The molecule has 0 spiro atoms. The van der Waals surface area contributed by atoms with Crippen molar-refractivity contribution in [3.05, 3.63) is 0 Å². The molecule has 4 nitrogen and oxygen atoms in total. The molecule has 0 aromatic carbocycles. The van der Waals surface area contributed by atoms with E-state index < -0.39 is 68.5 Å². The molecule has 0 aromatic rings. The molecule has 0 bridgehead atoms. The highest BCUT2D eigenvalue weighted by Gasteiger charge is 2.95. The summed E-state index contributed by atoms with van der Waals surface area (Å²) in [7, 11) is -6.32. The maximum atomic E-state index is 13.5. The topological polar surface area (TPSA) is 66.8 Å². The molecule has 0 radical (unpaired) electrons. The molecule has 0 fully saturated rings. The summed E-state index contributed by atoms with van der Waals surface area (Å²) in [5.41, 5.74) is 0. The first-order valence-corrected chi connectivity index (χ1v) is 8.36. The number of halogens is 17. The first-order chi connectivity index (χ1) is 13.4. The maximum Gasteiger partial charge on any atom is 0.470 e. The van der Waals surface area contributed by atoms with Gasteiger partial charge in [0.05, 0.1) is 0 Å². The molecule has 0 saturated carbocycles. The van der Waals surface area contributed by atoms with Crippen molar-refractivity contribution < 1.29 is 93.5 Å². The minimum absolute atomic E-state index is 0.633. The van der Waals surface area contributed by atoms with Crippen molar-refractivity contribution in [1.82, 2.24) is 0 Å². The fraction of sp³-hybridized carbons (Fsp3) is 1.00. The minimum atomic E-state index is -8.78. The van der Waals surface area contributed by atoms with Gasteiger partial charge in [0.1, 0.15) is 6.10 Å². The number of hydrogen-bond donors (Lipinski definition) is 2. The summed E-state index contributed by atoms with van der Waals surface area (Å²) in [5, 5.41) is 0. The fourth-order valence-corrected chi connectivity index (χ4v) is 2.25. The molecule has 2 N–H and O–H groups in total. The predicted molar refractivity (Wildman–Crippen MR) is 63.3 cm³/mol. The lowest BCUT2D eigenvalue weighted by molar-refractivity contribution is -0.463. The zero-order valence-corrected chi connectivity index (χ0v) is 15.1. The minimum Gasteiger partial charge on any atom is -0.303 e. The normalized spacial score (nSPS) is 17.5. The Kier molecular flexibility index (Phi) is 7.46. The van der Waals surface area contributed by atoms with Crippen molar-refractivity contribution in [2.24, 2.45) is 0 Å². The number of rotatable bonds is 9. The molecule has 194 valence electrons. The van der Waals surface area contributed by atoms with Crippen LogP contribution in [0, 0.1) is 0 Å². The standard InChI is InChI=1S/C10H6F17O4P/c1-2(31-32(28,29)30)3(11,12)4(13,14)5(15,16)6(17,18)7(19,20)8(21,22)9(23,24)10(25,26)27/h2H,1H3,(H2,28,29,30). The second kappa shape index (κ2) is 7.72. The van der Waals surface area contributed by atoms with Gasteiger partial charge in [-0.1, -0.05) is 0 Å². The van der Waals surface area contributed by atoms with Crippen molar-refractivity contribution >= 4 is 7.82 Å².